The first-order valence-electron chi connectivity index (χ1n) is 7.13. The number of benzene rings is 1. The summed E-state index contributed by atoms with van der Waals surface area (Å²) in [5, 5.41) is 6.70. The molecular formula is C17H16N2O4. The molecule has 6 heteroatoms. The lowest BCUT2D eigenvalue weighted by Gasteiger charge is -2.00. The Kier molecular flexibility index (Phi) is 4.42. The minimum Gasteiger partial charge on any atom is -0.497 e. The zero-order valence-corrected chi connectivity index (χ0v) is 12.6. The van der Waals surface area contributed by atoms with Gasteiger partial charge in [0.25, 0.3) is 0 Å². The van der Waals surface area contributed by atoms with Crippen molar-refractivity contribution in [1.29, 1.82) is 0 Å². The van der Waals surface area contributed by atoms with Crippen LogP contribution in [0.15, 0.2) is 57.7 Å². The van der Waals surface area contributed by atoms with Crippen LogP contribution in [0.25, 0.3) is 11.3 Å². The Morgan fingerprint density at radius 2 is 2.09 bits per heavy atom. The van der Waals surface area contributed by atoms with Crippen LogP contribution in [-0.4, -0.2) is 18.2 Å². The molecule has 0 saturated carbocycles. The molecule has 23 heavy (non-hydrogen) atoms. The first kappa shape index (κ1) is 14.9. The molecule has 2 heterocycles. The van der Waals surface area contributed by atoms with Gasteiger partial charge in [-0.05, 0) is 36.4 Å². The van der Waals surface area contributed by atoms with Gasteiger partial charge in [-0.1, -0.05) is 5.16 Å². The normalized spacial score (nSPS) is 10.5. The van der Waals surface area contributed by atoms with Crippen molar-refractivity contribution in [2.24, 2.45) is 0 Å². The van der Waals surface area contributed by atoms with Crippen LogP contribution in [0.2, 0.25) is 0 Å². The molecular weight excluding hydrogens is 296 g/mol. The number of nitrogens with zero attached hydrogens (tertiary/aromatic N) is 1. The second-order valence-electron chi connectivity index (χ2n) is 4.94. The van der Waals surface area contributed by atoms with E-state index in [1.165, 1.54) is 0 Å². The molecule has 0 spiro atoms. The van der Waals surface area contributed by atoms with Crippen LogP contribution in [0.3, 0.4) is 0 Å². The zero-order chi connectivity index (χ0) is 16.1. The number of hydrogen-bond acceptors (Lipinski definition) is 5. The predicted molar refractivity (Wildman–Crippen MR) is 82.7 cm³/mol. The summed E-state index contributed by atoms with van der Waals surface area (Å²) in [4.78, 5) is 11.9. The van der Waals surface area contributed by atoms with E-state index < -0.39 is 0 Å². The van der Waals surface area contributed by atoms with E-state index in [1.807, 2.05) is 24.3 Å². The topological polar surface area (TPSA) is 77.5 Å². The van der Waals surface area contributed by atoms with Crippen molar-refractivity contribution in [3.05, 3.63) is 60.2 Å². The van der Waals surface area contributed by atoms with E-state index in [9.17, 15) is 4.79 Å². The maximum absolute atomic E-state index is 11.9. The summed E-state index contributed by atoms with van der Waals surface area (Å²) in [7, 11) is 1.61. The predicted octanol–water partition coefficient (Wildman–Crippen LogP) is 2.80. The summed E-state index contributed by atoms with van der Waals surface area (Å²) < 4.78 is 15.6. The van der Waals surface area contributed by atoms with Crippen molar-refractivity contribution < 1.29 is 18.5 Å². The zero-order valence-electron chi connectivity index (χ0n) is 12.6. The fourth-order valence-corrected chi connectivity index (χ4v) is 2.11. The van der Waals surface area contributed by atoms with Crippen LogP contribution in [0, 0.1) is 0 Å². The Bertz CT molecular complexity index is 760. The van der Waals surface area contributed by atoms with E-state index in [0.29, 0.717) is 23.8 Å². The van der Waals surface area contributed by atoms with Gasteiger partial charge >= 0.3 is 0 Å². The van der Waals surface area contributed by atoms with Crippen LogP contribution >= 0.6 is 0 Å². The minimum atomic E-state index is -0.143. The van der Waals surface area contributed by atoms with Crippen molar-refractivity contribution >= 4 is 5.91 Å². The molecule has 0 aliphatic rings. The lowest BCUT2D eigenvalue weighted by molar-refractivity contribution is -0.120. The molecule has 0 aliphatic carbocycles. The van der Waals surface area contributed by atoms with Crippen LogP contribution < -0.4 is 10.1 Å². The Morgan fingerprint density at radius 3 is 2.78 bits per heavy atom. The smallest absolute Gasteiger partial charge is 0.226 e. The first-order valence-corrected chi connectivity index (χ1v) is 7.13. The average molecular weight is 312 g/mol. The maximum Gasteiger partial charge on any atom is 0.226 e. The van der Waals surface area contributed by atoms with E-state index in [1.54, 1.807) is 31.6 Å². The average Bonchev–Trinajstić information content (AvgIpc) is 3.25. The number of nitrogens with one attached hydrogen (secondary N) is 1. The second kappa shape index (κ2) is 6.83. The third-order valence-electron chi connectivity index (χ3n) is 3.32. The van der Waals surface area contributed by atoms with E-state index >= 15 is 0 Å². The van der Waals surface area contributed by atoms with Gasteiger partial charge in [0.1, 0.15) is 11.5 Å². The van der Waals surface area contributed by atoms with Crippen LogP contribution in [-0.2, 0) is 17.8 Å². The lowest BCUT2D eigenvalue weighted by Crippen LogP contribution is -2.24. The molecule has 0 bridgehead atoms. The van der Waals surface area contributed by atoms with Crippen molar-refractivity contribution in [3.8, 4) is 17.1 Å². The van der Waals surface area contributed by atoms with Gasteiger partial charge in [-0.3, -0.25) is 4.79 Å². The first-order chi connectivity index (χ1) is 11.2. The lowest BCUT2D eigenvalue weighted by atomic mass is 10.1. The molecule has 118 valence electrons. The van der Waals surface area contributed by atoms with Crippen LogP contribution in [0.1, 0.15) is 11.5 Å². The third kappa shape index (κ3) is 3.79. The molecule has 0 fully saturated rings. The van der Waals surface area contributed by atoms with E-state index in [4.69, 9.17) is 13.7 Å². The van der Waals surface area contributed by atoms with E-state index in [2.05, 4.69) is 10.5 Å². The Balaban J connectivity index is 1.58. The summed E-state index contributed by atoms with van der Waals surface area (Å²) in [6.07, 6.45) is 1.72. The van der Waals surface area contributed by atoms with Crippen molar-refractivity contribution in [2.45, 2.75) is 13.0 Å². The minimum absolute atomic E-state index is 0.143. The van der Waals surface area contributed by atoms with E-state index in [0.717, 1.165) is 11.3 Å². The highest BCUT2D eigenvalue weighted by atomic mass is 16.5. The molecule has 3 aromatic rings. The molecule has 0 atom stereocenters. The summed E-state index contributed by atoms with van der Waals surface area (Å²) in [6.45, 7) is 0.356. The van der Waals surface area contributed by atoms with E-state index in [-0.39, 0.29) is 12.3 Å². The number of carbonyl (C=O) groups is 1. The van der Waals surface area contributed by atoms with Crippen molar-refractivity contribution in [3.63, 3.8) is 0 Å². The van der Waals surface area contributed by atoms with Gasteiger partial charge in [0.2, 0.25) is 5.91 Å². The molecule has 1 N–H and O–H groups in total. The summed E-state index contributed by atoms with van der Waals surface area (Å²) >= 11 is 0. The van der Waals surface area contributed by atoms with Crippen molar-refractivity contribution in [1.82, 2.24) is 10.5 Å². The van der Waals surface area contributed by atoms with Crippen LogP contribution in [0.5, 0.6) is 5.75 Å². The monoisotopic (exact) mass is 312 g/mol. The Labute approximate surface area is 133 Å². The number of methoxy groups -OCH3 is 1. The SMILES string of the molecule is COc1ccc(-c2cc(CC(=O)NCc3ccco3)no2)cc1. The fraction of sp³-hybridized carbons (Fsp3) is 0.176. The molecule has 6 nitrogen and oxygen atoms in total. The molecule has 0 saturated heterocycles. The van der Waals surface area contributed by atoms with Gasteiger partial charge in [0.05, 0.1) is 32.0 Å². The van der Waals surface area contributed by atoms with Gasteiger partial charge in [0, 0.05) is 11.6 Å². The van der Waals surface area contributed by atoms with Gasteiger partial charge in [-0.2, -0.15) is 0 Å². The van der Waals surface area contributed by atoms with Crippen LogP contribution in [0.4, 0.5) is 0 Å². The Morgan fingerprint density at radius 1 is 1.26 bits per heavy atom. The highest BCUT2D eigenvalue weighted by molar-refractivity contribution is 5.78. The van der Waals surface area contributed by atoms with Crippen molar-refractivity contribution in [2.75, 3.05) is 7.11 Å². The quantitative estimate of drug-likeness (QED) is 0.757. The summed E-state index contributed by atoms with van der Waals surface area (Å²) in [5.74, 6) is 1.95. The maximum atomic E-state index is 11.9. The second-order valence-corrected chi connectivity index (χ2v) is 4.94. The van der Waals surface area contributed by atoms with Gasteiger partial charge < -0.3 is 19.0 Å². The standard InChI is InChI=1S/C17H16N2O4/c1-21-14-6-4-12(5-7-14)16-9-13(19-23-16)10-17(20)18-11-15-3-2-8-22-15/h2-9H,10-11H2,1H3,(H,18,20). The fourth-order valence-electron chi connectivity index (χ4n) is 2.11. The molecule has 1 aromatic carbocycles. The molecule has 3 rings (SSSR count). The molecule has 1 amide bonds. The number of rotatable bonds is 6. The highest BCUT2D eigenvalue weighted by Gasteiger charge is 2.11. The van der Waals surface area contributed by atoms with Gasteiger partial charge in [0.15, 0.2) is 5.76 Å². The largest absolute Gasteiger partial charge is 0.497 e. The van der Waals surface area contributed by atoms with Gasteiger partial charge in [-0.25, -0.2) is 0 Å². The van der Waals surface area contributed by atoms with Gasteiger partial charge in [-0.15, -0.1) is 0 Å². The number of amides is 1. The number of aromatic nitrogens is 1. The molecule has 0 unspecified atom stereocenters. The summed E-state index contributed by atoms with van der Waals surface area (Å²) in [6, 6.07) is 12.8. The number of hydrogen-bond donors (Lipinski definition) is 1. The third-order valence-corrected chi connectivity index (χ3v) is 3.32. The Hall–Kier alpha value is -3.02. The highest BCUT2D eigenvalue weighted by Crippen LogP contribution is 2.23. The molecule has 0 aliphatic heterocycles. The molecule has 2 aromatic heterocycles. The number of carbonyl (C=O) groups excluding carboxylic acids is 1. The number of furan rings is 1. The number of ether oxygens (including phenoxy) is 1. The molecule has 0 radical (unpaired) electrons. The summed E-state index contributed by atoms with van der Waals surface area (Å²) in [5.41, 5.74) is 1.45.